The maximum absolute atomic E-state index is 12.2. The summed E-state index contributed by atoms with van der Waals surface area (Å²) in [5.41, 5.74) is 1.17. The second kappa shape index (κ2) is 6.02. The molecule has 0 saturated carbocycles. The lowest BCUT2D eigenvalue weighted by molar-refractivity contribution is 0.0726. The third-order valence-electron chi connectivity index (χ3n) is 3.03. The van der Waals surface area contributed by atoms with Crippen LogP contribution in [0.3, 0.4) is 0 Å². The highest BCUT2D eigenvalue weighted by molar-refractivity contribution is 5.99. The Labute approximate surface area is 113 Å². The molecule has 18 heavy (non-hydrogen) atoms. The van der Waals surface area contributed by atoms with Crippen molar-refractivity contribution in [3.63, 3.8) is 0 Å². The van der Waals surface area contributed by atoms with Crippen LogP contribution in [0.25, 0.3) is 0 Å². The third-order valence-corrected chi connectivity index (χ3v) is 3.03. The van der Waals surface area contributed by atoms with Crippen molar-refractivity contribution in [2.75, 3.05) is 26.2 Å². The van der Waals surface area contributed by atoms with E-state index in [0.717, 1.165) is 26.2 Å². The van der Waals surface area contributed by atoms with E-state index in [1.54, 1.807) is 23.9 Å². The number of amides is 1. The van der Waals surface area contributed by atoms with Crippen LogP contribution in [0.4, 0.5) is 0 Å². The minimum Gasteiger partial charge on any atom is -0.346 e. The number of carbonyl (C=O) groups is 2. The highest BCUT2D eigenvalue weighted by Gasteiger charge is 2.21. The Morgan fingerprint density at radius 3 is 2.39 bits per heavy atom. The number of ketones is 1. The molecule has 6 heteroatoms. The predicted molar refractivity (Wildman–Crippen MR) is 71.4 cm³/mol. The van der Waals surface area contributed by atoms with Crippen LogP contribution in [-0.2, 0) is 7.05 Å². The maximum atomic E-state index is 12.2. The molecule has 0 aliphatic carbocycles. The minimum absolute atomic E-state index is 0. The van der Waals surface area contributed by atoms with Crippen molar-refractivity contribution in [1.29, 1.82) is 0 Å². The minimum atomic E-state index is -0.0139. The quantitative estimate of drug-likeness (QED) is 0.806. The summed E-state index contributed by atoms with van der Waals surface area (Å²) in [6.45, 7) is 4.61. The number of nitrogens with zero attached hydrogens (tertiary/aromatic N) is 2. The highest BCUT2D eigenvalue weighted by atomic mass is 35.5. The number of aromatic nitrogens is 1. The fourth-order valence-electron chi connectivity index (χ4n) is 2.00. The van der Waals surface area contributed by atoms with Crippen molar-refractivity contribution < 1.29 is 9.59 Å². The van der Waals surface area contributed by atoms with Gasteiger partial charge >= 0.3 is 0 Å². The molecule has 1 fully saturated rings. The molecular formula is C12H18ClN3O2. The van der Waals surface area contributed by atoms with Gasteiger partial charge in [0.1, 0.15) is 5.69 Å². The number of nitrogens with one attached hydrogen (secondary N) is 1. The lowest BCUT2D eigenvalue weighted by atomic mass is 10.2. The Kier molecular flexibility index (Phi) is 4.93. The Hall–Kier alpha value is -1.33. The van der Waals surface area contributed by atoms with Gasteiger partial charge in [-0.3, -0.25) is 9.59 Å². The predicted octanol–water partition coefficient (Wildman–Crippen LogP) is 0.695. The number of piperazine rings is 1. The second-order valence-electron chi connectivity index (χ2n) is 4.32. The molecule has 0 aromatic carbocycles. The van der Waals surface area contributed by atoms with Crippen LogP contribution in [0.15, 0.2) is 12.3 Å². The average Bonchev–Trinajstić information content (AvgIpc) is 2.72. The zero-order valence-electron chi connectivity index (χ0n) is 10.6. The van der Waals surface area contributed by atoms with Crippen molar-refractivity contribution in [2.24, 2.45) is 7.05 Å². The van der Waals surface area contributed by atoms with Crippen LogP contribution in [0.5, 0.6) is 0 Å². The van der Waals surface area contributed by atoms with Gasteiger partial charge in [0.25, 0.3) is 5.91 Å². The molecule has 2 heterocycles. The molecule has 2 rings (SSSR count). The summed E-state index contributed by atoms with van der Waals surface area (Å²) in [4.78, 5) is 25.3. The number of rotatable bonds is 2. The molecule has 5 nitrogen and oxygen atoms in total. The molecule has 0 atom stereocenters. The zero-order chi connectivity index (χ0) is 12.4. The fourth-order valence-corrected chi connectivity index (χ4v) is 2.00. The Balaban J connectivity index is 0.00000162. The summed E-state index contributed by atoms with van der Waals surface area (Å²) in [6, 6.07) is 1.67. The molecule has 1 aliphatic heterocycles. The van der Waals surface area contributed by atoms with Crippen molar-refractivity contribution in [2.45, 2.75) is 6.92 Å². The van der Waals surface area contributed by atoms with Crippen molar-refractivity contribution in [1.82, 2.24) is 14.8 Å². The molecule has 100 valence electrons. The summed E-state index contributed by atoms with van der Waals surface area (Å²) in [5, 5.41) is 3.20. The average molecular weight is 272 g/mol. The van der Waals surface area contributed by atoms with Gasteiger partial charge in [0.05, 0.1) is 0 Å². The largest absolute Gasteiger partial charge is 0.346 e. The Bertz CT molecular complexity index is 450. The molecule has 0 spiro atoms. The van der Waals surface area contributed by atoms with E-state index in [0.29, 0.717) is 11.3 Å². The van der Waals surface area contributed by atoms with Crippen molar-refractivity contribution >= 4 is 24.1 Å². The van der Waals surface area contributed by atoms with Crippen molar-refractivity contribution in [3.8, 4) is 0 Å². The lowest BCUT2D eigenvalue weighted by Crippen LogP contribution is -2.46. The van der Waals surface area contributed by atoms with E-state index in [4.69, 9.17) is 0 Å². The van der Waals surface area contributed by atoms with Gasteiger partial charge in [-0.25, -0.2) is 0 Å². The number of carbonyl (C=O) groups excluding carboxylic acids is 2. The van der Waals surface area contributed by atoms with Gasteiger partial charge in [0.2, 0.25) is 0 Å². The van der Waals surface area contributed by atoms with Gasteiger partial charge in [-0.15, -0.1) is 12.4 Å². The molecule has 0 bridgehead atoms. The summed E-state index contributed by atoms with van der Waals surface area (Å²) in [5.74, 6) is -0.0125. The molecule has 1 aliphatic rings. The van der Waals surface area contributed by atoms with Gasteiger partial charge in [-0.2, -0.15) is 0 Å². The van der Waals surface area contributed by atoms with E-state index < -0.39 is 0 Å². The molecule has 1 aromatic rings. The zero-order valence-corrected chi connectivity index (χ0v) is 11.4. The number of aryl methyl sites for hydroxylation is 1. The monoisotopic (exact) mass is 271 g/mol. The third kappa shape index (κ3) is 2.91. The van der Waals surface area contributed by atoms with Crippen LogP contribution in [0, 0.1) is 0 Å². The van der Waals surface area contributed by atoms with E-state index >= 15 is 0 Å². The number of halogens is 1. The van der Waals surface area contributed by atoms with Gasteiger partial charge in [-0.05, 0) is 13.0 Å². The topological polar surface area (TPSA) is 54.3 Å². The highest BCUT2D eigenvalue weighted by Crippen LogP contribution is 2.11. The SMILES string of the molecule is CC(=O)c1cc(C(=O)N2CCNCC2)n(C)c1.Cl. The number of hydrogen-bond donors (Lipinski definition) is 1. The van der Waals surface area contributed by atoms with Gasteiger partial charge < -0.3 is 14.8 Å². The fraction of sp³-hybridized carbons (Fsp3) is 0.500. The second-order valence-corrected chi connectivity index (χ2v) is 4.32. The Morgan fingerprint density at radius 2 is 1.89 bits per heavy atom. The van der Waals surface area contributed by atoms with E-state index in [-0.39, 0.29) is 24.1 Å². The first-order chi connectivity index (χ1) is 8.09. The number of Topliss-reactive ketones (excluding diaryl/α,β-unsaturated/α-hetero) is 1. The molecule has 1 amide bonds. The van der Waals surface area contributed by atoms with Gasteiger partial charge in [0.15, 0.2) is 5.78 Å². The van der Waals surface area contributed by atoms with Crippen LogP contribution in [0.2, 0.25) is 0 Å². The smallest absolute Gasteiger partial charge is 0.270 e. The normalized spacial score (nSPS) is 15.1. The number of hydrogen-bond acceptors (Lipinski definition) is 3. The first-order valence-electron chi connectivity index (χ1n) is 5.77. The molecule has 0 unspecified atom stereocenters. The summed E-state index contributed by atoms with van der Waals surface area (Å²) >= 11 is 0. The van der Waals surface area contributed by atoms with Crippen LogP contribution in [0.1, 0.15) is 27.8 Å². The van der Waals surface area contributed by atoms with Gasteiger partial charge in [0, 0.05) is 45.0 Å². The van der Waals surface area contributed by atoms with E-state index in [1.807, 2.05) is 4.90 Å². The van der Waals surface area contributed by atoms with E-state index in [9.17, 15) is 9.59 Å². The molecule has 1 aromatic heterocycles. The molecule has 0 radical (unpaired) electrons. The first kappa shape index (κ1) is 14.7. The summed E-state index contributed by atoms with van der Waals surface area (Å²) < 4.78 is 1.72. The van der Waals surface area contributed by atoms with Crippen LogP contribution < -0.4 is 5.32 Å². The summed E-state index contributed by atoms with van der Waals surface area (Å²) in [6.07, 6.45) is 1.71. The molecule has 1 saturated heterocycles. The van der Waals surface area contributed by atoms with Gasteiger partial charge in [-0.1, -0.05) is 0 Å². The van der Waals surface area contributed by atoms with E-state index in [1.165, 1.54) is 6.92 Å². The maximum Gasteiger partial charge on any atom is 0.270 e. The molecular weight excluding hydrogens is 254 g/mol. The first-order valence-corrected chi connectivity index (χ1v) is 5.77. The van der Waals surface area contributed by atoms with Crippen LogP contribution >= 0.6 is 12.4 Å². The summed E-state index contributed by atoms with van der Waals surface area (Å²) in [7, 11) is 1.79. The standard InChI is InChI=1S/C12H17N3O2.ClH/c1-9(16)10-7-11(14(2)8-10)12(17)15-5-3-13-4-6-15;/h7-8,13H,3-6H2,1-2H3;1H. The van der Waals surface area contributed by atoms with E-state index in [2.05, 4.69) is 5.32 Å². The lowest BCUT2D eigenvalue weighted by Gasteiger charge is -2.27. The van der Waals surface area contributed by atoms with Crippen LogP contribution in [-0.4, -0.2) is 47.3 Å². The molecule has 1 N–H and O–H groups in total. The Morgan fingerprint density at radius 1 is 1.28 bits per heavy atom. The van der Waals surface area contributed by atoms with Crippen molar-refractivity contribution in [3.05, 3.63) is 23.5 Å².